The highest BCUT2D eigenvalue weighted by molar-refractivity contribution is 5.87. The Hall–Kier alpha value is -3.49. The Bertz CT molecular complexity index is 932. The van der Waals surface area contributed by atoms with E-state index in [0.717, 1.165) is 0 Å². The minimum absolute atomic E-state index is 0.0629. The maximum atomic E-state index is 11.9. The van der Waals surface area contributed by atoms with Gasteiger partial charge in [0.25, 0.3) is 0 Å². The van der Waals surface area contributed by atoms with Gasteiger partial charge in [0.2, 0.25) is 17.5 Å². The van der Waals surface area contributed by atoms with Crippen LogP contribution in [0, 0.1) is 6.92 Å². The number of carbonyl (C=O) groups is 2. The minimum Gasteiger partial charge on any atom is -0.463 e. The van der Waals surface area contributed by atoms with Gasteiger partial charge in [0.05, 0.1) is 13.5 Å². The predicted octanol–water partition coefficient (Wildman–Crippen LogP) is 2.50. The van der Waals surface area contributed by atoms with Gasteiger partial charge in [-0.05, 0) is 25.1 Å². The molecular weight excluding hydrogens is 354 g/mol. The molecule has 0 aliphatic carbocycles. The molecule has 0 saturated carbocycles. The highest BCUT2D eigenvalue weighted by atomic mass is 16.6. The SMILES string of the molecule is COC(=O)c1oc(COC(=O)CCc2nc(-c3ccccn3)no2)cc1C. The fourth-order valence-electron chi connectivity index (χ4n) is 2.30. The number of hydrogen-bond acceptors (Lipinski definition) is 9. The summed E-state index contributed by atoms with van der Waals surface area (Å²) < 4.78 is 20.2. The van der Waals surface area contributed by atoms with Crippen molar-refractivity contribution in [2.45, 2.75) is 26.4 Å². The van der Waals surface area contributed by atoms with Crippen molar-refractivity contribution in [1.82, 2.24) is 15.1 Å². The van der Waals surface area contributed by atoms with Crippen LogP contribution in [0.2, 0.25) is 0 Å². The molecule has 3 aromatic heterocycles. The number of aryl methyl sites for hydroxylation is 2. The average molecular weight is 371 g/mol. The monoisotopic (exact) mass is 371 g/mol. The van der Waals surface area contributed by atoms with Crippen LogP contribution >= 0.6 is 0 Å². The molecule has 0 aliphatic rings. The third kappa shape index (κ3) is 4.57. The molecule has 3 heterocycles. The molecule has 0 bridgehead atoms. The summed E-state index contributed by atoms with van der Waals surface area (Å²) in [5.74, 6) is 0.0918. The third-order valence-electron chi connectivity index (χ3n) is 3.62. The van der Waals surface area contributed by atoms with Crippen molar-refractivity contribution in [3.05, 3.63) is 53.4 Å². The Balaban J connectivity index is 1.49. The number of rotatable bonds is 7. The summed E-state index contributed by atoms with van der Waals surface area (Å²) >= 11 is 0. The molecule has 0 aliphatic heterocycles. The fraction of sp³-hybridized carbons (Fsp3) is 0.278. The maximum absolute atomic E-state index is 11.9. The van der Waals surface area contributed by atoms with Gasteiger partial charge in [-0.2, -0.15) is 4.98 Å². The van der Waals surface area contributed by atoms with E-state index in [1.54, 1.807) is 31.3 Å². The number of methoxy groups -OCH3 is 1. The molecule has 140 valence electrons. The Morgan fingerprint density at radius 1 is 1.26 bits per heavy atom. The number of hydrogen-bond donors (Lipinski definition) is 0. The van der Waals surface area contributed by atoms with Crippen molar-refractivity contribution in [2.75, 3.05) is 7.11 Å². The zero-order chi connectivity index (χ0) is 19.2. The largest absolute Gasteiger partial charge is 0.463 e. The molecule has 9 heteroatoms. The van der Waals surface area contributed by atoms with Gasteiger partial charge in [-0.1, -0.05) is 11.2 Å². The van der Waals surface area contributed by atoms with Crippen molar-refractivity contribution in [3.8, 4) is 11.5 Å². The van der Waals surface area contributed by atoms with Gasteiger partial charge < -0.3 is 18.4 Å². The van der Waals surface area contributed by atoms with Crippen LogP contribution in [0.15, 0.2) is 39.4 Å². The van der Waals surface area contributed by atoms with Gasteiger partial charge in [0.1, 0.15) is 18.1 Å². The number of furan rings is 1. The first-order chi connectivity index (χ1) is 13.1. The van der Waals surface area contributed by atoms with Crippen LogP contribution in [0.3, 0.4) is 0 Å². The highest BCUT2D eigenvalue weighted by Crippen LogP contribution is 2.17. The summed E-state index contributed by atoms with van der Waals surface area (Å²) in [6, 6.07) is 6.99. The van der Waals surface area contributed by atoms with E-state index in [-0.39, 0.29) is 25.2 Å². The molecule has 0 unspecified atom stereocenters. The van der Waals surface area contributed by atoms with Crippen LogP contribution in [0.4, 0.5) is 0 Å². The first-order valence-electron chi connectivity index (χ1n) is 8.14. The number of esters is 2. The summed E-state index contributed by atoms with van der Waals surface area (Å²) in [6.07, 6.45) is 1.93. The molecule has 0 aromatic carbocycles. The molecule has 0 N–H and O–H groups in total. The summed E-state index contributed by atoms with van der Waals surface area (Å²) in [6.45, 7) is 1.62. The lowest BCUT2D eigenvalue weighted by Crippen LogP contribution is -2.06. The van der Waals surface area contributed by atoms with Crippen molar-refractivity contribution in [1.29, 1.82) is 0 Å². The minimum atomic E-state index is -0.579. The van der Waals surface area contributed by atoms with E-state index in [4.69, 9.17) is 13.7 Å². The van der Waals surface area contributed by atoms with Crippen LogP contribution < -0.4 is 0 Å². The lowest BCUT2D eigenvalue weighted by atomic mass is 10.2. The Labute approximate surface area is 154 Å². The second kappa shape index (κ2) is 8.26. The summed E-state index contributed by atoms with van der Waals surface area (Å²) in [5.41, 5.74) is 1.20. The second-order valence-electron chi connectivity index (χ2n) is 5.60. The number of aromatic nitrogens is 3. The summed E-state index contributed by atoms with van der Waals surface area (Å²) in [7, 11) is 1.26. The lowest BCUT2D eigenvalue weighted by molar-refractivity contribution is -0.145. The number of pyridine rings is 1. The Kier molecular flexibility index (Phi) is 5.60. The first-order valence-corrected chi connectivity index (χ1v) is 8.14. The first kappa shape index (κ1) is 18.3. The lowest BCUT2D eigenvalue weighted by Gasteiger charge is -2.01. The van der Waals surface area contributed by atoms with Crippen molar-refractivity contribution >= 4 is 11.9 Å². The van der Waals surface area contributed by atoms with Crippen molar-refractivity contribution in [2.24, 2.45) is 0 Å². The highest BCUT2D eigenvalue weighted by Gasteiger charge is 2.17. The number of ether oxygens (including phenoxy) is 2. The van der Waals surface area contributed by atoms with E-state index in [1.165, 1.54) is 7.11 Å². The van der Waals surface area contributed by atoms with Crippen molar-refractivity contribution in [3.63, 3.8) is 0 Å². The Morgan fingerprint density at radius 3 is 2.85 bits per heavy atom. The van der Waals surface area contributed by atoms with Gasteiger partial charge >= 0.3 is 11.9 Å². The van der Waals surface area contributed by atoms with Gasteiger partial charge in [0, 0.05) is 18.2 Å². The van der Waals surface area contributed by atoms with E-state index in [0.29, 0.717) is 28.7 Å². The Morgan fingerprint density at radius 2 is 2.11 bits per heavy atom. The predicted molar refractivity (Wildman–Crippen MR) is 90.4 cm³/mol. The number of carbonyl (C=O) groups excluding carboxylic acids is 2. The average Bonchev–Trinajstić information content (AvgIpc) is 3.31. The van der Waals surface area contributed by atoms with Gasteiger partial charge in [-0.25, -0.2) is 4.79 Å². The topological polar surface area (TPSA) is 118 Å². The van der Waals surface area contributed by atoms with Gasteiger partial charge in [0.15, 0.2) is 0 Å². The van der Waals surface area contributed by atoms with E-state index in [1.807, 2.05) is 6.07 Å². The maximum Gasteiger partial charge on any atom is 0.374 e. The zero-order valence-electron chi connectivity index (χ0n) is 14.8. The molecule has 0 atom stereocenters. The standard InChI is InChI=1S/C18H17N3O6/c1-11-9-12(26-16(11)18(23)24-2)10-25-15(22)7-6-14-20-17(21-27-14)13-5-3-4-8-19-13/h3-5,8-9H,6-7,10H2,1-2H3. The van der Waals surface area contributed by atoms with Crippen LogP contribution in [-0.2, 0) is 27.3 Å². The quantitative estimate of drug-likeness (QED) is 0.577. The van der Waals surface area contributed by atoms with Crippen molar-refractivity contribution < 1.29 is 28.0 Å². The van der Waals surface area contributed by atoms with Gasteiger partial charge in [-0.15, -0.1) is 0 Å². The second-order valence-corrected chi connectivity index (χ2v) is 5.60. The normalized spacial score (nSPS) is 10.6. The molecule has 27 heavy (non-hydrogen) atoms. The third-order valence-corrected chi connectivity index (χ3v) is 3.62. The molecule has 3 rings (SSSR count). The molecular formula is C18H17N3O6. The smallest absolute Gasteiger partial charge is 0.374 e. The fourth-order valence-corrected chi connectivity index (χ4v) is 2.30. The molecule has 9 nitrogen and oxygen atoms in total. The molecule has 0 fully saturated rings. The van der Waals surface area contributed by atoms with E-state index < -0.39 is 11.9 Å². The summed E-state index contributed by atoms with van der Waals surface area (Å²) in [4.78, 5) is 31.7. The molecule has 3 aromatic rings. The molecule has 0 spiro atoms. The molecule has 0 amide bonds. The van der Waals surface area contributed by atoms with E-state index >= 15 is 0 Å². The molecule has 0 radical (unpaired) electrons. The van der Waals surface area contributed by atoms with E-state index in [9.17, 15) is 9.59 Å². The molecule has 0 saturated heterocycles. The van der Waals surface area contributed by atoms with Crippen LogP contribution in [0.5, 0.6) is 0 Å². The van der Waals surface area contributed by atoms with Crippen LogP contribution in [-0.4, -0.2) is 34.2 Å². The summed E-state index contributed by atoms with van der Waals surface area (Å²) in [5, 5.41) is 3.84. The zero-order valence-corrected chi connectivity index (χ0v) is 14.8. The number of nitrogens with zero attached hydrogens (tertiary/aromatic N) is 3. The van der Waals surface area contributed by atoms with Crippen LogP contribution in [0.25, 0.3) is 11.5 Å². The van der Waals surface area contributed by atoms with Gasteiger partial charge in [-0.3, -0.25) is 9.78 Å². The van der Waals surface area contributed by atoms with Crippen LogP contribution in [0.1, 0.15) is 34.2 Å². The van der Waals surface area contributed by atoms with E-state index in [2.05, 4.69) is 19.9 Å².